The van der Waals surface area contributed by atoms with E-state index in [1.165, 1.54) is 0 Å². The highest BCUT2D eigenvalue weighted by Gasteiger charge is 2.34. The van der Waals surface area contributed by atoms with Gasteiger partial charge in [-0.3, -0.25) is 9.59 Å². The second kappa shape index (κ2) is 8.46. The van der Waals surface area contributed by atoms with Gasteiger partial charge in [0.2, 0.25) is 0 Å². The number of nitrogens with zero attached hydrogens (tertiary/aromatic N) is 1. The molecule has 2 rings (SSSR count). The number of amides is 1. The van der Waals surface area contributed by atoms with Crippen molar-refractivity contribution >= 4 is 11.9 Å². The van der Waals surface area contributed by atoms with Crippen LogP contribution in [0.5, 0.6) is 0 Å². The summed E-state index contributed by atoms with van der Waals surface area (Å²) in [7, 11) is 0. The summed E-state index contributed by atoms with van der Waals surface area (Å²) in [5.74, 6) is -1.12. The van der Waals surface area contributed by atoms with E-state index in [9.17, 15) is 19.7 Å². The largest absolute Gasteiger partial charge is 0.481 e. The number of hydrogen-bond donors (Lipinski definition) is 2. The number of aliphatic carboxylic acids is 1. The lowest BCUT2D eigenvalue weighted by Gasteiger charge is -2.36. The number of carbonyl (C=O) groups is 2. The quantitative estimate of drug-likeness (QED) is 0.549. The summed E-state index contributed by atoms with van der Waals surface area (Å²) in [5, 5.41) is 21.3. The first kappa shape index (κ1) is 18.7. The van der Waals surface area contributed by atoms with Crippen LogP contribution in [0.4, 0.5) is 0 Å². The molecule has 136 valence electrons. The van der Waals surface area contributed by atoms with E-state index in [0.29, 0.717) is 17.7 Å². The highest BCUT2D eigenvalue weighted by Crippen LogP contribution is 2.38. The standard InChI is InChI=1S/C17H22N2O6/c20-15(21)10-17(8-2-1-3-9-17)12-18-16(22)14-6-4-13(5-7-14)11-25-19(23)24/h4-7H,1-3,8-12H2,(H,18,22)(H,20,21). The molecule has 8 heteroatoms. The molecule has 0 spiro atoms. The molecule has 25 heavy (non-hydrogen) atoms. The topological polar surface area (TPSA) is 119 Å². The second-order valence-electron chi connectivity index (χ2n) is 6.51. The molecule has 1 amide bonds. The average Bonchev–Trinajstić information content (AvgIpc) is 2.58. The minimum atomic E-state index is -0.868. The molecule has 1 aromatic rings. The number of carbonyl (C=O) groups excluding carboxylic acids is 1. The van der Waals surface area contributed by atoms with E-state index >= 15 is 0 Å². The molecule has 0 atom stereocenters. The Bertz CT molecular complexity index is 623. The van der Waals surface area contributed by atoms with Gasteiger partial charge in [-0.2, -0.15) is 0 Å². The Morgan fingerprint density at radius 1 is 1.20 bits per heavy atom. The van der Waals surface area contributed by atoms with Crippen LogP contribution in [0.25, 0.3) is 0 Å². The Morgan fingerprint density at radius 2 is 1.84 bits per heavy atom. The van der Waals surface area contributed by atoms with Gasteiger partial charge in [-0.1, -0.05) is 31.4 Å². The summed E-state index contributed by atoms with van der Waals surface area (Å²) >= 11 is 0. The maximum atomic E-state index is 12.3. The van der Waals surface area contributed by atoms with Gasteiger partial charge in [0.05, 0.1) is 6.42 Å². The zero-order valence-corrected chi connectivity index (χ0v) is 13.9. The number of carboxylic acid groups (broad SMARTS) is 1. The van der Waals surface area contributed by atoms with Crippen LogP contribution in [0.2, 0.25) is 0 Å². The van der Waals surface area contributed by atoms with Crippen LogP contribution in [0, 0.1) is 15.5 Å². The molecule has 2 N–H and O–H groups in total. The Labute approximate surface area is 145 Å². The van der Waals surface area contributed by atoms with E-state index in [1.54, 1.807) is 24.3 Å². The Balaban J connectivity index is 1.93. The van der Waals surface area contributed by atoms with E-state index in [1.807, 2.05) is 0 Å². The highest BCUT2D eigenvalue weighted by molar-refractivity contribution is 5.94. The molecule has 0 saturated heterocycles. The van der Waals surface area contributed by atoms with Crippen molar-refractivity contribution in [2.45, 2.75) is 45.1 Å². The zero-order valence-electron chi connectivity index (χ0n) is 13.9. The Kier molecular flexibility index (Phi) is 6.32. The normalized spacial score (nSPS) is 16.0. The molecular weight excluding hydrogens is 328 g/mol. The lowest BCUT2D eigenvalue weighted by Crippen LogP contribution is -2.40. The predicted octanol–water partition coefficient (Wildman–Crippen LogP) is 2.55. The molecular formula is C17H22N2O6. The van der Waals surface area contributed by atoms with Crippen molar-refractivity contribution in [2.75, 3.05) is 6.54 Å². The second-order valence-corrected chi connectivity index (χ2v) is 6.51. The van der Waals surface area contributed by atoms with E-state index in [-0.39, 0.29) is 24.3 Å². The SMILES string of the molecule is O=C(O)CC1(CNC(=O)c2ccc(CO[N+](=O)[O-])cc2)CCCCC1. The fraction of sp³-hybridized carbons (Fsp3) is 0.529. The first-order valence-corrected chi connectivity index (χ1v) is 8.26. The lowest BCUT2D eigenvalue weighted by atomic mass is 9.71. The van der Waals surface area contributed by atoms with Crippen molar-refractivity contribution in [1.29, 1.82) is 0 Å². The van der Waals surface area contributed by atoms with Crippen LogP contribution in [0.15, 0.2) is 24.3 Å². The molecule has 0 aromatic heterocycles. The van der Waals surface area contributed by atoms with Gasteiger partial charge in [-0.25, -0.2) is 0 Å². The molecule has 0 radical (unpaired) electrons. The Morgan fingerprint density at radius 3 is 2.40 bits per heavy atom. The van der Waals surface area contributed by atoms with Crippen molar-refractivity contribution in [3.8, 4) is 0 Å². The Hall–Kier alpha value is -2.64. The number of rotatable bonds is 8. The van der Waals surface area contributed by atoms with Crippen LogP contribution < -0.4 is 5.32 Å². The molecule has 8 nitrogen and oxygen atoms in total. The first-order valence-electron chi connectivity index (χ1n) is 8.26. The summed E-state index contributed by atoms with van der Waals surface area (Å²) in [6.07, 6.45) is 4.73. The van der Waals surface area contributed by atoms with Gasteiger partial charge < -0.3 is 15.3 Å². The van der Waals surface area contributed by atoms with Crippen molar-refractivity contribution in [3.05, 3.63) is 45.5 Å². The van der Waals surface area contributed by atoms with Gasteiger partial charge in [0.25, 0.3) is 11.0 Å². The van der Waals surface area contributed by atoms with Crippen LogP contribution in [0.1, 0.15) is 54.4 Å². The molecule has 0 heterocycles. The molecule has 1 aliphatic rings. The minimum absolute atomic E-state index is 0.0600. The van der Waals surface area contributed by atoms with Crippen molar-refractivity contribution in [3.63, 3.8) is 0 Å². The zero-order chi connectivity index (χ0) is 18.3. The monoisotopic (exact) mass is 350 g/mol. The number of nitrogens with one attached hydrogen (secondary N) is 1. The molecule has 0 unspecified atom stereocenters. The van der Waals surface area contributed by atoms with Gasteiger partial charge in [0, 0.05) is 12.1 Å². The third-order valence-corrected chi connectivity index (χ3v) is 4.62. The minimum Gasteiger partial charge on any atom is -0.481 e. The van der Waals surface area contributed by atoms with Gasteiger partial charge in [-0.05, 0) is 36.0 Å². The van der Waals surface area contributed by atoms with Crippen molar-refractivity contribution < 1.29 is 24.6 Å². The summed E-state index contributed by atoms with van der Waals surface area (Å²) in [4.78, 5) is 37.9. The summed E-state index contributed by atoms with van der Waals surface area (Å²) < 4.78 is 0. The fourth-order valence-corrected chi connectivity index (χ4v) is 3.29. The number of carboxylic acids is 1. The van der Waals surface area contributed by atoms with Crippen LogP contribution in [0.3, 0.4) is 0 Å². The van der Waals surface area contributed by atoms with Crippen LogP contribution in [-0.4, -0.2) is 28.6 Å². The number of benzene rings is 1. The molecule has 1 fully saturated rings. The van der Waals surface area contributed by atoms with Gasteiger partial charge in [0.1, 0.15) is 6.61 Å². The third-order valence-electron chi connectivity index (χ3n) is 4.62. The average molecular weight is 350 g/mol. The lowest BCUT2D eigenvalue weighted by molar-refractivity contribution is -0.763. The molecule has 0 aliphatic heterocycles. The molecule has 1 saturated carbocycles. The van der Waals surface area contributed by atoms with Gasteiger partial charge >= 0.3 is 5.97 Å². The first-order chi connectivity index (χ1) is 11.9. The van der Waals surface area contributed by atoms with E-state index in [2.05, 4.69) is 10.2 Å². The smallest absolute Gasteiger partial charge is 0.303 e. The van der Waals surface area contributed by atoms with Crippen LogP contribution >= 0.6 is 0 Å². The third kappa shape index (κ3) is 5.74. The van der Waals surface area contributed by atoms with E-state index in [0.717, 1.165) is 32.1 Å². The summed E-state index contributed by atoms with van der Waals surface area (Å²) in [6, 6.07) is 6.31. The highest BCUT2D eigenvalue weighted by atomic mass is 16.9. The number of hydrogen-bond acceptors (Lipinski definition) is 5. The summed E-state index contributed by atoms with van der Waals surface area (Å²) in [6.45, 7) is 0.168. The maximum Gasteiger partial charge on any atom is 0.303 e. The van der Waals surface area contributed by atoms with Crippen molar-refractivity contribution in [2.24, 2.45) is 5.41 Å². The molecule has 1 aliphatic carbocycles. The van der Waals surface area contributed by atoms with E-state index < -0.39 is 11.1 Å². The van der Waals surface area contributed by atoms with Gasteiger partial charge in [-0.15, -0.1) is 10.1 Å². The maximum absolute atomic E-state index is 12.3. The van der Waals surface area contributed by atoms with Gasteiger partial charge in [0.15, 0.2) is 0 Å². The predicted molar refractivity (Wildman–Crippen MR) is 88.3 cm³/mol. The van der Waals surface area contributed by atoms with Crippen molar-refractivity contribution in [1.82, 2.24) is 5.32 Å². The molecule has 1 aromatic carbocycles. The summed E-state index contributed by atoms with van der Waals surface area (Å²) in [5.41, 5.74) is 0.633. The van der Waals surface area contributed by atoms with Crippen LogP contribution in [-0.2, 0) is 16.2 Å². The fourth-order valence-electron chi connectivity index (χ4n) is 3.29. The van der Waals surface area contributed by atoms with E-state index in [4.69, 9.17) is 5.11 Å². The molecule has 0 bridgehead atoms.